The van der Waals surface area contributed by atoms with Crippen LogP contribution in [0.4, 0.5) is 14.7 Å². The number of fused-ring (bicyclic) bond motifs is 1. The number of H-pyrrole nitrogens is 1. The molecule has 2 aromatic rings. The van der Waals surface area contributed by atoms with E-state index >= 15 is 0 Å². The van der Waals surface area contributed by atoms with Crippen LogP contribution in [0.25, 0.3) is 11.2 Å². The van der Waals surface area contributed by atoms with E-state index in [-0.39, 0.29) is 17.1 Å². The first-order valence-electron chi connectivity index (χ1n) is 6.36. The molecule has 3 rings (SSSR count). The van der Waals surface area contributed by atoms with Crippen molar-refractivity contribution in [1.29, 1.82) is 0 Å². The van der Waals surface area contributed by atoms with Crippen LogP contribution < -0.4 is 11.3 Å². The summed E-state index contributed by atoms with van der Waals surface area (Å²) in [6, 6.07) is -1.93. The largest absolute Gasteiger partial charge is 0.396 e. The lowest BCUT2D eigenvalue weighted by Gasteiger charge is -2.25. The monoisotopic (exact) mass is 317 g/mol. The number of alkyl halides is 2. The number of anilines is 1. The quantitative estimate of drug-likeness (QED) is 0.439. The fraction of sp³-hybridized carbons (Fsp3) is 0.545. The van der Waals surface area contributed by atoms with Crippen LogP contribution in [0.5, 0.6) is 0 Å². The van der Waals surface area contributed by atoms with Crippen LogP contribution >= 0.6 is 0 Å². The van der Waals surface area contributed by atoms with Gasteiger partial charge < -0.3 is 25.6 Å². The first kappa shape index (κ1) is 14.8. The topological polar surface area (TPSA) is 150 Å². The van der Waals surface area contributed by atoms with Gasteiger partial charge in [0.2, 0.25) is 5.95 Å². The molecular weight excluding hydrogens is 304 g/mol. The van der Waals surface area contributed by atoms with E-state index in [1.165, 1.54) is 0 Å². The lowest BCUT2D eigenvalue weighted by atomic mass is 10.0. The number of nitrogens with one attached hydrogen (secondary N) is 1. The maximum atomic E-state index is 14.4. The molecule has 0 saturated heterocycles. The molecule has 1 aliphatic rings. The molecule has 2 heterocycles. The summed E-state index contributed by atoms with van der Waals surface area (Å²) in [5.41, 5.74) is 4.21. The average molecular weight is 317 g/mol. The van der Waals surface area contributed by atoms with Crippen molar-refractivity contribution in [2.24, 2.45) is 5.92 Å². The molecule has 120 valence electrons. The van der Waals surface area contributed by atoms with E-state index < -0.39 is 42.3 Å². The average Bonchev–Trinajstić information content (AvgIpc) is 2.88. The van der Waals surface area contributed by atoms with Crippen molar-refractivity contribution in [2.45, 2.75) is 24.2 Å². The Morgan fingerprint density at radius 1 is 1.41 bits per heavy atom. The SMILES string of the molecule is Nc1nc2c(ncn2[C@@H]2C(O)C(O)[C@H](CO)C2(F)F)c(=O)[nH]1. The fourth-order valence-corrected chi connectivity index (χ4v) is 2.83. The molecule has 2 unspecified atom stereocenters. The highest BCUT2D eigenvalue weighted by atomic mass is 19.3. The third-order valence-corrected chi connectivity index (χ3v) is 3.92. The molecule has 1 fully saturated rings. The second kappa shape index (κ2) is 4.69. The number of aliphatic hydroxyl groups is 3. The molecule has 0 aliphatic heterocycles. The van der Waals surface area contributed by atoms with Gasteiger partial charge in [-0.3, -0.25) is 9.78 Å². The van der Waals surface area contributed by atoms with Crippen molar-refractivity contribution < 1.29 is 24.1 Å². The Balaban J connectivity index is 2.21. The summed E-state index contributed by atoms with van der Waals surface area (Å²) in [6.45, 7) is -1.01. The number of aromatic amines is 1. The van der Waals surface area contributed by atoms with Gasteiger partial charge in [0.05, 0.1) is 25.0 Å². The zero-order valence-corrected chi connectivity index (χ0v) is 11.0. The summed E-state index contributed by atoms with van der Waals surface area (Å²) in [4.78, 5) is 21.3. The van der Waals surface area contributed by atoms with E-state index in [0.29, 0.717) is 0 Å². The van der Waals surface area contributed by atoms with E-state index in [0.717, 1.165) is 10.9 Å². The minimum absolute atomic E-state index is 0.223. The number of hydrogen-bond acceptors (Lipinski definition) is 7. The Bertz CT molecular complexity index is 775. The molecule has 0 radical (unpaired) electrons. The number of halogens is 2. The van der Waals surface area contributed by atoms with Crippen LogP contribution in [-0.2, 0) is 0 Å². The number of rotatable bonds is 2. The summed E-state index contributed by atoms with van der Waals surface area (Å²) < 4.78 is 29.6. The Labute approximate surface area is 121 Å². The van der Waals surface area contributed by atoms with Gasteiger partial charge in [-0.2, -0.15) is 4.98 Å². The molecule has 22 heavy (non-hydrogen) atoms. The van der Waals surface area contributed by atoms with E-state index in [4.69, 9.17) is 10.8 Å². The predicted molar refractivity (Wildman–Crippen MR) is 69.1 cm³/mol. The lowest BCUT2D eigenvalue weighted by Crippen LogP contribution is -2.36. The second-order valence-corrected chi connectivity index (χ2v) is 5.16. The van der Waals surface area contributed by atoms with Crippen LogP contribution in [0.1, 0.15) is 6.04 Å². The summed E-state index contributed by atoms with van der Waals surface area (Å²) in [7, 11) is 0. The molecule has 6 N–H and O–H groups in total. The highest BCUT2D eigenvalue weighted by Crippen LogP contribution is 2.48. The Kier molecular flexibility index (Phi) is 3.16. The molecule has 4 atom stereocenters. The summed E-state index contributed by atoms with van der Waals surface area (Å²) >= 11 is 0. The fourth-order valence-electron chi connectivity index (χ4n) is 2.83. The minimum atomic E-state index is -3.64. The van der Waals surface area contributed by atoms with Crippen molar-refractivity contribution in [3.8, 4) is 0 Å². The molecule has 0 aromatic carbocycles. The van der Waals surface area contributed by atoms with Crippen LogP contribution in [0.3, 0.4) is 0 Å². The third kappa shape index (κ3) is 1.82. The van der Waals surface area contributed by atoms with Crippen molar-refractivity contribution in [2.75, 3.05) is 12.3 Å². The number of imidazole rings is 1. The Morgan fingerprint density at radius 3 is 2.68 bits per heavy atom. The molecule has 1 aliphatic carbocycles. The molecular formula is C11H13F2N5O4. The van der Waals surface area contributed by atoms with Gasteiger partial charge >= 0.3 is 0 Å². The highest BCUT2D eigenvalue weighted by Gasteiger charge is 2.63. The number of nitrogens with zero attached hydrogens (tertiary/aromatic N) is 3. The number of hydrogen-bond donors (Lipinski definition) is 5. The second-order valence-electron chi connectivity index (χ2n) is 5.16. The Hall–Kier alpha value is -2.11. The van der Waals surface area contributed by atoms with E-state index in [1.807, 2.05) is 0 Å². The number of aromatic nitrogens is 4. The maximum absolute atomic E-state index is 14.4. The van der Waals surface area contributed by atoms with Gasteiger partial charge in [0.25, 0.3) is 11.5 Å². The van der Waals surface area contributed by atoms with Crippen LogP contribution in [0.15, 0.2) is 11.1 Å². The van der Waals surface area contributed by atoms with Gasteiger partial charge in [-0.15, -0.1) is 0 Å². The summed E-state index contributed by atoms with van der Waals surface area (Å²) in [6.07, 6.45) is -2.78. The van der Waals surface area contributed by atoms with Crippen molar-refractivity contribution >= 4 is 17.1 Å². The Morgan fingerprint density at radius 2 is 2.09 bits per heavy atom. The molecule has 1 saturated carbocycles. The maximum Gasteiger partial charge on any atom is 0.280 e. The molecule has 9 nitrogen and oxygen atoms in total. The smallest absolute Gasteiger partial charge is 0.280 e. The lowest BCUT2D eigenvalue weighted by molar-refractivity contribution is -0.101. The van der Waals surface area contributed by atoms with Gasteiger partial charge in [-0.05, 0) is 0 Å². The standard InChI is InChI=1S/C11H13F2N5O4/c12-11(13)3(1-19)5(20)6(21)7(11)18-2-15-4-8(18)16-10(14)17-9(4)22/h2-3,5-7,19-21H,1H2,(H3,14,16,17,22)/t3-,5?,6?,7+/m0/s1. The molecule has 0 amide bonds. The number of aliphatic hydroxyl groups excluding tert-OH is 3. The number of nitrogen functional groups attached to an aromatic ring is 1. The molecule has 11 heteroatoms. The van der Waals surface area contributed by atoms with Crippen molar-refractivity contribution in [1.82, 2.24) is 19.5 Å². The van der Waals surface area contributed by atoms with Gasteiger partial charge in [-0.25, -0.2) is 13.8 Å². The van der Waals surface area contributed by atoms with E-state index in [2.05, 4.69) is 15.0 Å². The van der Waals surface area contributed by atoms with Crippen LogP contribution in [0.2, 0.25) is 0 Å². The van der Waals surface area contributed by atoms with Crippen molar-refractivity contribution in [3.05, 3.63) is 16.7 Å². The third-order valence-electron chi connectivity index (χ3n) is 3.92. The van der Waals surface area contributed by atoms with Gasteiger partial charge in [-0.1, -0.05) is 0 Å². The first-order valence-corrected chi connectivity index (χ1v) is 6.36. The minimum Gasteiger partial charge on any atom is -0.396 e. The normalized spacial score (nSPS) is 31.0. The van der Waals surface area contributed by atoms with Crippen molar-refractivity contribution in [3.63, 3.8) is 0 Å². The van der Waals surface area contributed by atoms with E-state index in [9.17, 15) is 23.8 Å². The zero-order valence-electron chi connectivity index (χ0n) is 11.0. The molecule has 0 spiro atoms. The van der Waals surface area contributed by atoms with Gasteiger partial charge in [0.1, 0.15) is 12.1 Å². The van der Waals surface area contributed by atoms with Gasteiger partial charge in [0.15, 0.2) is 11.2 Å². The summed E-state index contributed by atoms with van der Waals surface area (Å²) in [5, 5.41) is 28.7. The number of nitrogens with two attached hydrogens (primary N) is 1. The predicted octanol–water partition coefficient (Wildman–Crippen LogP) is -1.78. The molecule has 2 aromatic heterocycles. The highest BCUT2D eigenvalue weighted by molar-refractivity contribution is 5.70. The van der Waals surface area contributed by atoms with Gasteiger partial charge in [0, 0.05) is 0 Å². The van der Waals surface area contributed by atoms with E-state index in [1.54, 1.807) is 0 Å². The van der Waals surface area contributed by atoms with Crippen LogP contribution in [0, 0.1) is 5.92 Å². The first-order chi connectivity index (χ1) is 10.3. The molecule has 0 bridgehead atoms. The zero-order chi connectivity index (χ0) is 16.2. The van der Waals surface area contributed by atoms with Crippen LogP contribution in [-0.4, -0.2) is 59.6 Å². The summed E-state index contributed by atoms with van der Waals surface area (Å²) in [5.74, 6) is -5.78.